The lowest BCUT2D eigenvalue weighted by Gasteiger charge is -2.23. The van der Waals surface area contributed by atoms with E-state index in [2.05, 4.69) is 30.1 Å². The number of halogens is 1. The van der Waals surface area contributed by atoms with E-state index in [1.54, 1.807) is 11.5 Å². The van der Waals surface area contributed by atoms with E-state index in [1.807, 2.05) is 0 Å². The molecule has 3 aromatic heterocycles. The molecule has 0 amide bonds. The summed E-state index contributed by atoms with van der Waals surface area (Å²) in [7, 11) is 0.510. The van der Waals surface area contributed by atoms with Gasteiger partial charge in [-0.15, -0.1) is 10.2 Å². The highest BCUT2D eigenvalue weighted by Crippen LogP contribution is 2.34. The van der Waals surface area contributed by atoms with Gasteiger partial charge in [0.25, 0.3) is 0 Å². The first kappa shape index (κ1) is 28.1. The largest absolute Gasteiger partial charge is 0.479 e. The van der Waals surface area contributed by atoms with Crippen molar-refractivity contribution in [3.63, 3.8) is 0 Å². The minimum Gasteiger partial charge on any atom is -0.479 e. The fraction of sp³-hybridized carbons (Fsp3) is 0.583. The Morgan fingerprint density at radius 3 is 2.16 bits per heavy atom. The third kappa shape index (κ3) is 6.05. The van der Waals surface area contributed by atoms with Crippen molar-refractivity contribution in [3.05, 3.63) is 41.2 Å². The zero-order valence-electron chi connectivity index (χ0n) is 21.9. The van der Waals surface area contributed by atoms with Gasteiger partial charge in [-0.3, -0.25) is 4.57 Å². The van der Waals surface area contributed by atoms with E-state index in [0.717, 1.165) is 25.7 Å². The molecule has 206 valence electrons. The van der Waals surface area contributed by atoms with Crippen LogP contribution < -0.4 is 9.47 Å². The zero-order chi connectivity index (χ0) is 27.3. The van der Waals surface area contributed by atoms with Crippen LogP contribution in [-0.4, -0.2) is 69.7 Å². The molecule has 3 heterocycles. The molecule has 1 aliphatic carbocycles. The molecule has 0 N–H and O–H groups in total. The highest BCUT2D eigenvalue weighted by atomic mass is 35.5. The second-order valence-electron chi connectivity index (χ2n) is 9.24. The van der Waals surface area contributed by atoms with Gasteiger partial charge in [-0.25, -0.2) is 18.4 Å². The van der Waals surface area contributed by atoms with Crippen molar-refractivity contribution >= 4 is 21.4 Å². The molecule has 2 atom stereocenters. The molecule has 0 saturated heterocycles. The summed E-state index contributed by atoms with van der Waals surface area (Å²) in [4.78, 5) is 16.8. The Labute approximate surface area is 227 Å². The van der Waals surface area contributed by atoms with Crippen LogP contribution in [0.5, 0.6) is 11.8 Å². The molecular weight excluding hydrogens is 534 g/mol. The van der Waals surface area contributed by atoms with Gasteiger partial charge in [0, 0.05) is 25.9 Å². The molecule has 1 saturated carbocycles. The van der Waals surface area contributed by atoms with E-state index >= 15 is 0 Å². The lowest BCUT2D eigenvalue weighted by molar-refractivity contribution is 0.0948. The molecule has 38 heavy (non-hydrogen) atoms. The van der Waals surface area contributed by atoms with Crippen LogP contribution in [0.3, 0.4) is 0 Å². The van der Waals surface area contributed by atoms with Gasteiger partial charge < -0.3 is 14.2 Å². The Morgan fingerprint density at radius 2 is 1.58 bits per heavy atom. The van der Waals surface area contributed by atoms with Gasteiger partial charge in [-0.2, -0.15) is 9.97 Å². The third-order valence-corrected chi connectivity index (χ3v) is 9.07. The molecule has 0 bridgehead atoms. The minimum atomic E-state index is -3.86. The van der Waals surface area contributed by atoms with Crippen molar-refractivity contribution in [1.82, 2.24) is 34.7 Å². The lowest BCUT2D eigenvalue weighted by atomic mass is 9.87. The van der Waals surface area contributed by atoms with Gasteiger partial charge in [0.1, 0.15) is 24.0 Å². The molecule has 3 aromatic rings. The summed E-state index contributed by atoms with van der Waals surface area (Å²) >= 11 is 5.90. The summed E-state index contributed by atoms with van der Waals surface area (Å²) in [5.41, 5.74) is 0.357. The van der Waals surface area contributed by atoms with E-state index < -0.39 is 26.9 Å². The number of rotatable bonds is 11. The second kappa shape index (κ2) is 12.3. The smallest absolute Gasteiger partial charge is 0.245 e. The van der Waals surface area contributed by atoms with Gasteiger partial charge >= 0.3 is 0 Å². The Hall–Kier alpha value is -2.90. The second-order valence-corrected chi connectivity index (χ2v) is 12.0. The van der Waals surface area contributed by atoms with Crippen molar-refractivity contribution in [2.75, 3.05) is 21.3 Å². The number of hydrogen-bond donors (Lipinski definition) is 0. The van der Waals surface area contributed by atoms with Crippen molar-refractivity contribution in [1.29, 1.82) is 0 Å². The summed E-state index contributed by atoms with van der Waals surface area (Å²) in [6.07, 6.45) is 9.52. The van der Waals surface area contributed by atoms with Crippen molar-refractivity contribution in [2.24, 2.45) is 5.92 Å². The van der Waals surface area contributed by atoms with Crippen molar-refractivity contribution < 1.29 is 22.6 Å². The number of sulfone groups is 1. The lowest BCUT2D eigenvalue weighted by Crippen LogP contribution is -2.30. The summed E-state index contributed by atoms with van der Waals surface area (Å²) in [5.74, 6) is 1.44. The zero-order valence-corrected chi connectivity index (χ0v) is 23.4. The summed E-state index contributed by atoms with van der Waals surface area (Å²) in [6.45, 7) is 1.55. The van der Waals surface area contributed by atoms with Gasteiger partial charge in [0.05, 0.1) is 24.5 Å². The van der Waals surface area contributed by atoms with Gasteiger partial charge in [0.2, 0.25) is 11.8 Å². The van der Waals surface area contributed by atoms with E-state index in [4.69, 9.17) is 25.8 Å². The normalized spacial score (nSPS) is 16.2. The SMILES string of the molecule is COc1ncnc(OC)c1-n1c(CC2CCCCC2)nnc1CS(=O)(=O)[C@@H](C)[C@H](OC)c1ncc(Cl)cn1. The first-order valence-corrected chi connectivity index (χ1v) is 14.5. The monoisotopic (exact) mass is 565 g/mol. The Kier molecular flexibility index (Phi) is 9.11. The molecule has 0 aromatic carbocycles. The summed E-state index contributed by atoms with van der Waals surface area (Å²) in [6, 6.07) is 0. The van der Waals surface area contributed by atoms with Crippen LogP contribution >= 0.6 is 11.6 Å². The maximum absolute atomic E-state index is 13.7. The van der Waals surface area contributed by atoms with Crippen LogP contribution in [0.25, 0.3) is 5.69 Å². The summed E-state index contributed by atoms with van der Waals surface area (Å²) < 4.78 is 45.6. The molecule has 1 aliphatic rings. The average molecular weight is 566 g/mol. The quantitative estimate of drug-likeness (QED) is 0.337. The maximum Gasteiger partial charge on any atom is 0.245 e. The summed E-state index contributed by atoms with van der Waals surface area (Å²) in [5, 5.41) is 8.08. The van der Waals surface area contributed by atoms with Crippen molar-refractivity contribution in [2.45, 2.75) is 62.6 Å². The minimum absolute atomic E-state index is 0.195. The topological polar surface area (TPSA) is 144 Å². The predicted octanol–water partition coefficient (Wildman–Crippen LogP) is 3.33. The number of ether oxygens (including phenoxy) is 3. The molecule has 14 heteroatoms. The van der Waals surface area contributed by atoms with Crippen LogP contribution in [0, 0.1) is 5.92 Å². The highest BCUT2D eigenvalue weighted by molar-refractivity contribution is 7.91. The first-order valence-electron chi connectivity index (χ1n) is 12.4. The fourth-order valence-corrected chi connectivity index (χ4v) is 6.32. The van der Waals surface area contributed by atoms with Gasteiger partial charge in [0.15, 0.2) is 27.2 Å². The van der Waals surface area contributed by atoms with E-state index in [0.29, 0.717) is 28.9 Å². The van der Waals surface area contributed by atoms with Crippen LogP contribution in [-0.2, 0) is 26.7 Å². The molecule has 12 nitrogen and oxygen atoms in total. The van der Waals surface area contributed by atoms with Gasteiger partial charge in [-0.05, 0) is 12.8 Å². The van der Waals surface area contributed by atoms with Crippen LogP contribution in [0.15, 0.2) is 18.7 Å². The molecule has 4 rings (SSSR count). The fourth-order valence-electron chi connectivity index (χ4n) is 4.80. The number of aromatic nitrogens is 7. The van der Waals surface area contributed by atoms with Crippen LogP contribution in [0.2, 0.25) is 5.02 Å². The van der Waals surface area contributed by atoms with E-state index in [9.17, 15) is 8.42 Å². The Bertz CT molecular complexity index is 1310. The molecule has 1 fully saturated rings. The van der Waals surface area contributed by atoms with Crippen LogP contribution in [0.4, 0.5) is 0 Å². The number of hydrogen-bond acceptors (Lipinski definition) is 11. The molecule has 0 spiro atoms. The predicted molar refractivity (Wildman–Crippen MR) is 139 cm³/mol. The number of methoxy groups -OCH3 is 3. The maximum atomic E-state index is 13.7. The van der Waals surface area contributed by atoms with Crippen LogP contribution in [0.1, 0.15) is 62.6 Å². The molecule has 0 radical (unpaired) electrons. The van der Waals surface area contributed by atoms with Crippen molar-refractivity contribution in [3.8, 4) is 17.4 Å². The molecule has 0 unspecified atom stereocenters. The number of nitrogens with zero attached hydrogens (tertiary/aromatic N) is 7. The first-order chi connectivity index (χ1) is 18.3. The molecular formula is C24H32ClN7O5S. The van der Waals surface area contributed by atoms with E-state index in [1.165, 1.54) is 46.5 Å². The average Bonchev–Trinajstić information content (AvgIpc) is 3.30. The third-order valence-electron chi connectivity index (χ3n) is 6.83. The molecule has 0 aliphatic heterocycles. The highest BCUT2D eigenvalue weighted by Gasteiger charge is 2.35. The van der Waals surface area contributed by atoms with Gasteiger partial charge in [-0.1, -0.05) is 43.7 Å². The standard InChI is InChI=1S/C24H32ClN7O5S/c1-15(21(35-2)22-26-11-17(25)12-27-22)38(33,34)13-19-31-30-18(10-16-8-6-5-7-9-16)32(19)20-23(36-3)28-14-29-24(20)37-4/h11-12,14-16,21H,5-10,13H2,1-4H3/t15-,21-/m0/s1. The van der Waals surface area contributed by atoms with E-state index in [-0.39, 0.29) is 23.4 Å². The Morgan fingerprint density at radius 1 is 0.974 bits per heavy atom. The Balaban J connectivity index is 1.74.